The van der Waals surface area contributed by atoms with Crippen LogP contribution in [0.2, 0.25) is 0 Å². The predicted molar refractivity (Wildman–Crippen MR) is 60.4 cm³/mol. The number of hydrogen-bond donors (Lipinski definition) is 2. The van der Waals surface area contributed by atoms with Crippen LogP contribution in [0.4, 0.5) is 0 Å². The molecule has 0 bridgehead atoms. The molecular weight excluding hydrogens is 178 g/mol. The lowest BCUT2D eigenvalue weighted by Gasteiger charge is -2.21. The first-order chi connectivity index (χ1) is 6.49. The van der Waals surface area contributed by atoms with Gasteiger partial charge in [0.2, 0.25) is 0 Å². The van der Waals surface area contributed by atoms with Gasteiger partial charge in [-0.15, -0.1) is 0 Å². The van der Waals surface area contributed by atoms with Crippen molar-refractivity contribution in [2.24, 2.45) is 0 Å². The first-order valence-corrected chi connectivity index (χ1v) is 5.45. The molecule has 0 fully saturated rings. The molecule has 0 radical (unpaired) electrons. The van der Waals surface area contributed by atoms with E-state index >= 15 is 0 Å². The third kappa shape index (κ3) is 7.04. The quantitative estimate of drug-likeness (QED) is 0.715. The average molecular weight is 203 g/mol. The van der Waals surface area contributed by atoms with Crippen LogP contribution < -0.4 is 5.32 Å². The van der Waals surface area contributed by atoms with Crippen LogP contribution in [0.3, 0.4) is 0 Å². The van der Waals surface area contributed by atoms with Gasteiger partial charge in [0.25, 0.3) is 0 Å². The van der Waals surface area contributed by atoms with Crippen molar-refractivity contribution in [3.05, 3.63) is 0 Å². The van der Waals surface area contributed by atoms with Gasteiger partial charge in [-0.1, -0.05) is 34.6 Å². The zero-order chi connectivity index (χ0) is 11.7. The van der Waals surface area contributed by atoms with Gasteiger partial charge in [0.05, 0.1) is 12.1 Å². The lowest BCUT2D eigenvalue weighted by molar-refractivity contribution is -0.123. The lowest BCUT2D eigenvalue weighted by Crippen LogP contribution is -2.47. The molecule has 0 rings (SSSR count). The van der Waals surface area contributed by atoms with E-state index in [1.807, 2.05) is 27.7 Å². The summed E-state index contributed by atoms with van der Waals surface area (Å²) in [6.45, 7) is 11.4. The molecule has 0 aliphatic carbocycles. The number of rotatable bonds is 5. The fraction of sp³-hybridized carbons (Fsp3) is 0.909. The minimum absolute atomic E-state index is 0.0682. The standard InChI is InChI=1S/C9H19NO2.C2H6/c1-5-8(12)9(7(4)11)10-6(2)3;1-2/h6-7,9-11H,5H2,1-4H3;1-2H3. The normalized spacial score (nSPS) is 14.3. The molecule has 3 heteroatoms. The highest BCUT2D eigenvalue weighted by molar-refractivity contribution is 5.84. The smallest absolute Gasteiger partial charge is 0.152 e. The zero-order valence-electron chi connectivity index (χ0n) is 10.3. The molecule has 0 aromatic carbocycles. The Labute approximate surface area is 87.9 Å². The first-order valence-electron chi connectivity index (χ1n) is 5.45. The molecule has 3 nitrogen and oxygen atoms in total. The van der Waals surface area contributed by atoms with Crippen LogP contribution in [0.25, 0.3) is 0 Å². The van der Waals surface area contributed by atoms with Crippen LogP contribution >= 0.6 is 0 Å². The van der Waals surface area contributed by atoms with E-state index in [9.17, 15) is 9.90 Å². The second-order valence-corrected chi connectivity index (χ2v) is 3.36. The molecule has 0 aliphatic heterocycles. The van der Waals surface area contributed by atoms with Gasteiger partial charge in [0.15, 0.2) is 5.78 Å². The van der Waals surface area contributed by atoms with Gasteiger partial charge in [0, 0.05) is 12.5 Å². The number of ketones is 1. The maximum absolute atomic E-state index is 11.3. The molecule has 0 saturated heterocycles. The molecule has 14 heavy (non-hydrogen) atoms. The third-order valence-electron chi connectivity index (χ3n) is 1.69. The fourth-order valence-electron chi connectivity index (χ4n) is 1.08. The van der Waals surface area contributed by atoms with Crippen molar-refractivity contribution in [3.8, 4) is 0 Å². The maximum atomic E-state index is 11.3. The largest absolute Gasteiger partial charge is 0.391 e. The maximum Gasteiger partial charge on any atom is 0.152 e. The number of Topliss-reactive ketones (excluding diaryl/α,β-unsaturated/α-hetero) is 1. The van der Waals surface area contributed by atoms with Crippen molar-refractivity contribution in [2.75, 3.05) is 0 Å². The van der Waals surface area contributed by atoms with Crippen molar-refractivity contribution in [1.29, 1.82) is 0 Å². The number of carbonyl (C=O) groups is 1. The summed E-state index contributed by atoms with van der Waals surface area (Å²) in [5.74, 6) is 0.0682. The third-order valence-corrected chi connectivity index (χ3v) is 1.69. The molecule has 2 unspecified atom stereocenters. The Morgan fingerprint density at radius 1 is 1.29 bits per heavy atom. The summed E-state index contributed by atoms with van der Waals surface area (Å²) in [6.07, 6.45) is -0.144. The highest BCUT2D eigenvalue weighted by Crippen LogP contribution is 1.99. The zero-order valence-corrected chi connectivity index (χ0v) is 10.3. The minimum Gasteiger partial charge on any atom is -0.391 e. The predicted octanol–water partition coefficient (Wildman–Crippen LogP) is 1.74. The summed E-state index contributed by atoms with van der Waals surface area (Å²) in [7, 11) is 0. The van der Waals surface area contributed by atoms with Crippen LogP contribution in [0.5, 0.6) is 0 Å². The number of aliphatic hydroxyl groups is 1. The lowest BCUT2D eigenvalue weighted by atomic mass is 10.0. The Hall–Kier alpha value is -0.410. The van der Waals surface area contributed by atoms with Gasteiger partial charge in [-0.05, 0) is 6.92 Å². The second-order valence-electron chi connectivity index (χ2n) is 3.36. The van der Waals surface area contributed by atoms with E-state index < -0.39 is 12.1 Å². The Kier molecular flexibility index (Phi) is 10.5. The van der Waals surface area contributed by atoms with Gasteiger partial charge < -0.3 is 10.4 Å². The van der Waals surface area contributed by atoms with Gasteiger partial charge in [-0.2, -0.15) is 0 Å². The monoisotopic (exact) mass is 203 g/mol. The van der Waals surface area contributed by atoms with Crippen LogP contribution in [0, 0.1) is 0 Å². The molecule has 0 aromatic heterocycles. The van der Waals surface area contributed by atoms with E-state index in [-0.39, 0.29) is 11.8 Å². The van der Waals surface area contributed by atoms with Gasteiger partial charge in [0.1, 0.15) is 0 Å². The summed E-state index contributed by atoms with van der Waals surface area (Å²) in [6, 6.07) is -0.185. The van der Waals surface area contributed by atoms with Crippen molar-refractivity contribution in [1.82, 2.24) is 5.32 Å². The van der Waals surface area contributed by atoms with E-state index in [0.717, 1.165) is 0 Å². The molecule has 0 amide bonds. The van der Waals surface area contributed by atoms with E-state index in [1.54, 1.807) is 13.8 Å². The van der Waals surface area contributed by atoms with E-state index in [4.69, 9.17) is 0 Å². The number of aliphatic hydroxyl groups excluding tert-OH is 1. The summed E-state index contributed by atoms with van der Waals surface area (Å²) in [5, 5.41) is 12.3. The van der Waals surface area contributed by atoms with Gasteiger partial charge in [-0.3, -0.25) is 4.79 Å². The molecule has 2 N–H and O–H groups in total. The number of hydrogen-bond acceptors (Lipinski definition) is 3. The fourth-order valence-corrected chi connectivity index (χ4v) is 1.08. The highest BCUT2D eigenvalue weighted by Gasteiger charge is 2.21. The summed E-state index contributed by atoms with van der Waals surface area (Å²) >= 11 is 0. The first kappa shape index (κ1) is 16.0. The van der Waals surface area contributed by atoms with Crippen LogP contribution in [0.1, 0.15) is 48.0 Å². The number of nitrogens with one attached hydrogen (secondary N) is 1. The Morgan fingerprint density at radius 2 is 1.71 bits per heavy atom. The van der Waals surface area contributed by atoms with Crippen LogP contribution in [-0.2, 0) is 4.79 Å². The molecule has 0 aliphatic rings. The van der Waals surface area contributed by atoms with Crippen molar-refractivity contribution in [3.63, 3.8) is 0 Å². The SMILES string of the molecule is CC.CCC(=O)C(NC(C)C)C(C)O. The molecule has 0 heterocycles. The van der Waals surface area contributed by atoms with Crippen LogP contribution in [-0.4, -0.2) is 29.1 Å². The van der Waals surface area contributed by atoms with Crippen molar-refractivity contribution >= 4 is 5.78 Å². The summed E-state index contributed by atoms with van der Waals surface area (Å²) in [5.41, 5.74) is 0. The molecule has 0 aromatic rings. The molecular formula is C11H25NO2. The van der Waals surface area contributed by atoms with Gasteiger partial charge in [-0.25, -0.2) is 0 Å². The average Bonchev–Trinajstić information content (AvgIpc) is 2.15. The summed E-state index contributed by atoms with van der Waals surface area (Å²) in [4.78, 5) is 11.3. The second kappa shape index (κ2) is 9.16. The van der Waals surface area contributed by atoms with Crippen molar-refractivity contribution < 1.29 is 9.90 Å². The highest BCUT2D eigenvalue weighted by atomic mass is 16.3. The minimum atomic E-state index is -0.611. The molecule has 2 atom stereocenters. The van der Waals surface area contributed by atoms with Crippen LogP contribution in [0.15, 0.2) is 0 Å². The van der Waals surface area contributed by atoms with E-state index in [1.165, 1.54) is 0 Å². The Morgan fingerprint density at radius 3 is 1.93 bits per heavy atom. The number of carbonyl (C=O) groups excluding carboxylic acids is 1. The van der Waals surface area contributed by atoms with E-state index in [0.29, 0.717) is 6.42 Å². The topological polar surface area (TPSA) is 49.3 Å². The summed E-state index contributed by atoms with van der Waals surface area (Å²) < 4.78 is 0. The van der Waals surface area contributed by atoms with Crippen molar-refractivity contribution in [2.45, 2.75) is 66.2 Å². The Bertz CT molecular complexity index is 144. The molecule has 86 valence electrons. The molecule has 0 saturated carbocycles. The Balaban J connectivity index is 0. The van der Waals surface area contributed by atoms with Gasteiger partial charge >= 0.3 is 0 Å². The van der Waals surface area contributed by atoms with E-state index in [2.05, 4.69) is 5.32 Å². The molecule has 0 spiro atoms.